The fourth-order valence-corrected chi connectivity index (χ4v) is 1.60. The molecule has 0 unspecified atom stereocenters. The maximum Gasteiger partial charge on any atom is 0.148 e. The summed E-state index contributed by atoms with van der Waals surface area (Å²) in [5.74, 6) is 0.907. The van der Waals surface area contributed by atoms with Gasteiger partial charge in [-0.3, -0.25) is 0 Å². The van der Waals surface area contributed by atoms with Gasteiger partial charge in [0.25, 0.3) is 0 Å². The molecule has 98 valence electrons. The van der Waals surface area contributed by atoms with E-state index in [1.165, 1.54) is 6.42 Å². The molecule has 0 spiro atoms. The molecule has 0 bridgehead atoms. The minimum atomic E-state index is 0.702. The number of nitrogens with two attached hydrogens (primary N) is 1. The average molecular weight is 240 g/mol. The van der Waals surface area contributed by atoms with Crippen molar-refractivity contribution in [3.8, 4) is 0 Å². The Kier molecular flexibility index (Phi) is 5.83. The van der Waals surface area contributed by atoms with Gasteiger partial charge < -0.3 is 15.8 Å². The number of hydrogen-bond donors (Lipinski definition) is 2. The van der Waals surface area contributed by atoms with Crippen LogP contribution in [0.4, 0.5) is 11.5 Å². The fourth-order valence-electron chi connectivity index (χ4n) is 1.60. The number of hydrogen-bond acceptors (Lipinski definition) is 4. The molecule has 3 N–H and O–H groups in total. The normalized spacial score (nSPS) is 10.8. The second-order valence-electron chi connectivity index (χ2n) is 4.06. The Balaban J connectivity index is 2.35. The highest BCUT2D eigenvalue weighted by atomic mass is 16.5. The highest BCUT2D eigenvalue weighted by Gasteiger charge is 2.10. The molecule has 0 aromatic carbocycles. The van der Waals surface area contributed by atoms with Crippen LogP contribution in [0.25, 0.3) is 0 Å². The predicted octanol–water partition coefficient (Wildman–Crippen LogP) is 2.02. The van der Waals surface area contributed by atoms with E-state index in [-0.39, 0.29) is 0 Å². The van der Waals surface area contributed by atoms with E-state index >= 15 is 0 Å². The molecule has 0 aliphatic carbocycles. The molecule has 1 rings (SSSR count). The largest absolute Gasteiger partial charge is 0.394 e. The van der Waals surface area contributed by atoms with Crippen LogP contribution < -0.4 is 11.1 Å². The first-order chi connectivity index (χ1) is 8.20. The first kappa shape index (κ1) is 13.8. The molecule has 17 heavy (non-hydrogen) atoms. The quantitative estimate of drug-likeness (QED) is 0.682. The third kappa shape index (κ3) is 3.93. The molecule has 0 atom stereocenters. The van der Waals surface area contributed by atoms with Crippen molar-refractivity contribution in [2.75, 3.05) is 30.8 Å². The van der Waals surface area contributed by atoms with Gasteiger partial charge in [-0.15, -0.1) is 0 Å². The zero-order chi connectivity index (χ0) is 12.7. The molecule has 1 heterocycles. The van der Waals surface area contributed by atoms with Crippen molar-refractivity contribution >= 4 is 11.5 Å². The van der Waals surface area contributed by atoms with Gasteiger partial charge in [0, 0.05) is 19.7 Å². The number of aryl methyl sites for hydroxylation is 2. The zero-order valence-corrected chi connectivity index (χ0v) is 11.1. The van der Waals surface area contributed by atoms with Crippen LogP contribution in [0.1, 0.15) is 32.4 Å². The molecule has 0 aliphatic rings. The number of nitrogen functional groups attached to an aromatic ring is 1. The van der Waals surface area contributed by atoms with Crippen molar-refractivity contribution in [1.82, 2.24) is 9.78 Å². The van der Waals surface area contributed by atoms with E-state index in [1.54, 1.807) is 0 Å². The highest BCUT2D eigenvalue weighted by molar-refractivity contribution is 5.64. The van der Waals surface area contributed by atoms with Crippen molar-refractivity contribution in [1.29, 1.82) is 0 Å². The van der Waals surface area contributed by atoms with Crippen molar-refractivity contribution in [3.63, 3.8) is 0 Å². The zero-order valence-electron chi connectivity index (χ0n) is 11.1. The van der Waals surface area contributed by atoms with Crippen molar-refractivity contribution in [3.05, 3.63) is 5.69 Å². The topological polar surface area (TPSA) is 65.1 Å². The highest BCUT2D eigenvalue weighted by Crippen LogP contribution is 2.21. The summed E-state index contributed by atoms with van der Waals surface area (Å²) < 4.78 is 7.37. The fraction of sp³-hybridized carbons (Fsp3) is 0.750. The summed E-state index contributed by atoms with van der Waals surface area (Å²) in [4.78, 5) is 0. The van der Waals surface area contributed by atoms with Gasteiger partial charge in [-0.2, -0.15) is 5.10 Å². The number of ether oxygens (including phenoxy) is 1. The van der Waals surface area contributed by atoms with E-state index in [1.807, 2.05) is 11.6 Å². The third-order valence-electron chi connectivity index (χ3n) is 2.65. The lowest BCUT2D eigenvalue weighted by molar-refractivity contribution is 0.141. The summed E-state index contributed by atoms with van der Waals surface area (Å²) in [6.45, 7) is 9.24. The SMILES string of the molecule is CCCCOCCNc1c(N)c(C)nn1CC. The van der Waals surface area contributed by atoms with E-state index < -0.39 is 0 Å². The van der Waals surface area contributed by atoms with Crippen molar-refractivity contribution in [2.45, 2.75) is 40.2 Å². The predicted molar refractivity (Wildman–Crippen MR) is 71.3 cm³/mol. The maximum atomic E-state index is 5.95. The molecule has 1 aromatic rings. The Labute approximate surface area is 103 Å². The average Bonchev–Trinajstić information content (AvgIpc) is 2.60. The van der Waals surface area contributed by atoms with Gasteiger partial charge in [0.1, 0.15) is 5.82 Å². The summed E-state index contributed by atoms with van der Waals surface area (Å²) in [7, 11) is 0. The monoisotopic (exact) mass is 240 g/mol. The molecule has 5 nitrogen and oxygen atoms in total. The van der Waals surface area contributed by atoms with Crippen LogP contribution in [0.2, 0.25) is 0 Å². The Morgan fingerprint density at radius 1 is 1.35 bits per heavy atom. The second kappa shape index (κ2) is 7.17. The summed E-state index contributed by atoms with van der Waals surface area (Å²) >= 11 is 0. The van der Waals surface area contributed by atoms with Crippen LogP contribution in [0.15, 0.2) is 0 Å². The number of unbranched alkanes of at least 4 members (excludes halogenated alkanes) is 1. The van der Waals surface area contributed by atoms with Gasteiger partial charge in [0.05, 0.1) is 18.0 Å². The summed E-state index contributed by atoms with van der Waals surface area (Å²) in [6.07, 6.45) is 2.29. The van der Waals surface area contributed by atoms with Crippen LogP contribution in [0.3, 0.4) is 0 Å². The molecule has 0 radical (unpaired) electrons. The molecular formula is C12H24N4O. The van der Waals surface area contributed by atoms with E-state index in [0.717, 1.165) is 43.3 Å². The van der Waals surface area contributed by atoms with E-state index in [0.29, 0.717) is 6.61 Å². The van der Waals surface area contributed by atoms with Gasteiger partial charge >= 0.3 is 0 Å². The van der Waals surface area contributed by atoms with Crippen molar-refractivity contribution < 1.29 is 4.74 Å². The van der Waals surface area contributed by atoms with E-state index in [2.05, 4.69) is 24.3 Å². The molecule has 1 aromatic heterocycles. The van der Waals surface area contributed by atoms with Gasteiger partial charge in [0.2, 0.25) is 0 Å². The van der Waals surface area contributed by atoms with Crippen LogP contribution in [0.5, 0.6) is 0 Å². The molecule has 0 aliphatic heterocycles. The minimum absolute atomic E-state index is 0.702. The Bertz CT molecular complexity index is 335. The number of anilines is 2. The molecule has 0 fully saturated rings. The van der Waals surface area contributed by atoms with Gasteiger partial charge in [-0.05, 0) is 20.3 Å². The van der Waals surface area contributed by atoms with Crippen LogP contribution >= 0.6 is 0 Å². The number of nitrogens with zero attached hydrogens (tertiary/aromatic N) is 2. The minimum Gasteiger partial charge on any atom is -0.394 e. The first-order valence-corrected chi connectivity index (χ1v) is 6.35. The molecule has 5 heteroatoms. The van der Waals surface area contributed by atoms with E-state index in [4.69, 9.17) is 10.5 Å². The van der Waals surface area contributed by atoms with Crippen LogP contribution in [-0.4, -0.2) is 29.5 Å². The lowest BCUT2D eigenvalue weighted by atomic mass is 10.4. The summed E-state index contributed by atoms with van der Waals surface area (Å²) in [5.41, 5.74) is 7.57. The van der Waals surface area contributed by atoms with Crippen LogP contribution in [-0.2, 0) is 11.3 Å². The smallest absolute Gasteiger partial charge is 0.148 e. The molecule has 0 saturated heterocycles. The standard InChI is InChI=1S/C12H24N4O/c1-4-6-8-17-9-7-14-12-11(13)10(3)15-16(12)5-2/h14H,4-9,13H2,1-3H3. The lowest BCUT2D eigenvalue weighted by Gasteiger charge is -2.09. The van der Waals surface area contributed by atoms with Crippen molar-refractivity contribution in [2.24, 2.45) is 0 Å². The lowest BCUT2D eigenvalue weighted by Crippen LogP contribution is -2.14. The number of rotatable bonds is 8. The van der Waals surface area contributed by atoms with Gasteiger partial charge in [0.15, 0.2) is 0 Å². The Morgan fingerprint density at radius 2 is 2.12 bits per heavy atom. The first-order valence-electron chi connectivity index (χ1n) is 6.35. The summed E-state index contributed by atoms with van der Waals surface area (Å²) in [6, 6.07) is 0. The Morgan fingerprint density at radius 3 is 2.76 bits per heavy atom. The van der Waals surface area contributed by atoms with Crippen LogP contribution in [0, 0.1) is 6.92 Å². The molecule has 0 amide bonds. The van der Waals surface area contributed by atoms with Gasteiger partial charge in [-0.25, -0.2) is 4.68 Å². The van der Waals surface area contributed by atoms with E-state index in [9.17, 15) is 0 Å². The maximum absolute atomic E-state index is 5.95. The Hall–Kier alpha value is -1.23. The number of aromatic nitrogens is 2. The molecular weight excluding hydrogens is 216 g/mol. The number of nitrogens with one attached hydrogen (secondary N) is 1. The third-order valence-corrected chi connectivity index (χ3v) is 2.65. The second-order valence-corrected chi connectivity index (χ2v) is 4.06. The summed E-state index contributed by atoms with van der Waals surface area (Å²) in [5, 5.41) is 7.63. The molecule has 0 saturated carbocycles. The van der Waals surface area contributed by atoms with Gasteiger partial charge in [-0.1, -0.05) is 13.3 Å².